The Hall–Kier alpha value is -1.29. The van der Waals surface area contributed by atoms with Crippen molar-refractivity contribution in [2.24, 2.45) is 0 Å². The maximum atomic E-state index is 3.98. The number of aromatic nitrogens is 2. The summed E-state index contributed by atoms with van der Waals surface area (Å²) in [4.78, 5) is 0. The second-order valence-corrected chi connectivity index (χ2v) is 2.99. The standard InChI is InChI=1S/C8H7N3S/c1-2-8(11-9-4-1)7-3-5-12-10-6-7/h1-6,10H. The monoisotopic (exact) mass is 177 g/mol. The molecule has 0 radical (unpaired) electrons. The van der Waals surface area contributed by atoms with Crippen LogP contribution in [0.25, 0.3) is 5.57 Å². The summed E-state index contributed by atoms with van der Waals surface area (Å²) in [6.07, 6.45) is 5.58. The molecule has 1 aliphatic rings. The smallest absolute Gasteiger partial charge is 0.0944 e. The maximum Gasteiger partial charge on any atom is 0.0944 e. The van der Waals surface area contributed by atoms with Gasteiger partial charge < -0.3 is 4.72 Å². The first-order chi connectivity index (χ1) is 5.97. The number of allylic oxidation sites excluding steroid dienone is 2. The molecule has 1 aromatic heterocycles. The van der Waals surface area contributed by atoms with Gasteiger partial charge in [-0.1, -0.05) is 0 Å². The molecule has 0 fully saturated rings. The van der Waals surface area contributed by atoms with Crippen molar-refractivity contribution in [2.75, 3.05) is 0 Å². The molecule has 1 aliphatic heterocycles. The molecule has 1 N–H and O–H groups in total. The van der Waals surface area contributed by atoms with Crippen LogP contribution in [0.5, 0.6) is 0 Å². The summed E-state index contributed by atoms with van der Waals surface area (Å²) < 4.78 is 3.03. The molecule has 0 amide bonds. The molecule has 0 spiro atoms. The summed E-state index contributed by atoms with van der Waals surface area (Å²) in [6, 6.07) is 3.81. The van der Waals surface area contributed by atoms with Crippen LogP contribution in [0.1, 0.15) is 5.69 Å². The Morgan fingerprint density at radius 3 is 3.08 bits per heavy atom. The van der Waals surface area contributed by atoms with Gasteiger partial charge in [-0.3, -0.25) is 0 Å². The van der Waals surface area contributed by atoms with Crippen LogP contribution in [0.15, 0.2) is 36.0 Å². The number of nitrogens with zero attached hydrogens (tertiary/aromatic N) is 2. The number of hydrogen-bond donors (Lipinski definition) is 1. The highest BCUT2D eigenvalue weighted by Gasteiger charge is 2.00. The molecule has 0 aromatic carbocycles. The van der Waals surface area contributed by atoms with Gasteiger partial charge in [0.1, 0.15) is 0 Å². The van der Waals surface area contributed by atoms with Crippen molar-refractivity contribution in [1.82, 2.24) is 14.9 Å². The molecule has 4 heteroatoms. The third kappa shape index (κ3) is 1.48. The maximum absolute atomic E-state index is 3.98. The predicted molar refractivity (Wildman–Crippen MR) is 49.9 cm³/mol. The van der Waals surface area contributed by atoms with Crippen LogP contribution in [0.2, 0.25) is 0 Å². The van der Waals surface area contributed by atoms with E-state index in [0.29, 0.717) is 0 Å². The van der Waals surface area contributed by atoms with Crippen LogP contribution in [-0.2, 0) is 0 Å². The van der Waals surface area contributed by atoms with Gasteiger partial charge in [0.15, 0.2) is 0 Å². The van der Waals surface area contributed by atoms with Gasteiger partial charge in [0, 0.05) is 18.0 Å². The van der Waals surface area contributed by atoms with E-state index in [1.807, 2.05) is 29.8 Å². The molecule has 1 aromatic rings. The molecule has 0 bridgehead atoms. The van der Waals surface area contributed by atoms with E-state index in [4.69, 9.17) is 0 Å². The first-order valence-corrected chi connectivity index (χ1v) is 4.41. The summed E-state index contributed by atoms with van der Waals surface area (Å²) in [5.74, 6) is 0. The van der Waals surface area contributed by atoms with Crippen molar-refractivity contribution in [3.05, 3.63) is 41.7 Å². The second kappa shape index (κ2) is 3.40. The quantitative estimate of drug-likeness (QED) is 0.661. The average Bonchev–Trinajstić information content (AvgIpc) is 2.21. The lowest BCUT2D eigenvalue weighted by atomic mass is 10.2. The Bertz CT molecular complexity index is 318. The molecule has 0 aliphatic carbocycles. The Morgan fingerprint density at radius 2 is 2.42 bits per heavy atom. The summed E-state index contributed by atoms with van der Waals surface area (Å²) in [5, 5.41) is 9.76. The lowest BCUT2D eigenvalue weighted by Crippen LogP contribution is -1.97. The van der Waals surface area contributed by atoms with Crippen molar-refractivity contribution in [3.63, 3.8) is 0 Å². The minimum absolute atomic E-state index is 0.890. The molecule has 0 saturated heterocycles. The molecular formula is C8H7N3S. The topological polar surface area (TPSA) is 37.8 Å². The van der Waals surface area contributed by atoms with E-state index >= 15 is 0 Å². The second-order valence-electron chi connectivity index (χ2n) is 2.25. The zero-order chi connectivity index (χ0) is 8.23. The van der Waals surface area contributed by atoms with Gasteiger partial charge in [-0.2, -0.15) is 10.2 Å². The highest BCUT2D eigenvalue weighted by Crippen LogP contribution is 2.17. The van der Waals surface area contributed by atoms with Crippen LogP contribution < -0.4 is 4.72 Å². The van der Waals surface area contributed by atoms with Gasteiger partial charge in [-0.25, -0.2) is 0 Å². The van der Waals surface area contributed by atoms with Crippen molar-refractivity contribution in [3.8, 4) is 0 Å². The minimum Gasteiger partial charge on any atom is -0.332 e. The Morgan fingerprint density at radius 1 is 1.42 bits per heavy atom. The number of rotatable bonds is 1. The highest BCUT2D eigenvalue weighted by molar-refractivity contribution is 8.00. The summed E-state index contributed by atoms with van der Waals surface area (Å²) in [5.41, 5.74) is 1.95. The van der Waals surface area contributed by atoms with Gasteiger partial charge in [0.2, 0.25) is 0 Å². The van der Waals surface area contributed by atoms with Gasteiger partial charge in [0.25, 0.3) is 0 Å². The van der Waals surface area contributed by atoms with Crippen molar-refractivity contribution < 1.29 is 0 Å². The van der Waals surface area contributed by atoms with Crippen LogP contribution in [0.4, 0.5) is 0 Å². The van der Waals surface area contributed by atoms with Gasteiger partial charge in [-0.15, -0.1) is 0 Å². The normalized spacial score (nSPS) is 15.2. The van der Waals surface area contributed by atoms with Gasteiger partial charge >= 0.3 is 0 Å². The Labute approximate surface area is 74.7 Å². The van der Waals surface area contributed by atoms with Gasteiger partial charge in [-0.05, 0) is 35.6 Å². The van der Waals surface area contributed by atoms with E-state index < -0.39 is 0 Å². The molecule has 2 rings (SSSR count). The fraction of sp³-hybridized carbons (Fsp3) is 0. The molecule has 2 heterocycles. The number of hydrogen-bond acceptors (Lipinski definition) is 4. The van der Waals surface area contributed by atoms with Crippen molar-refractivity contribution in [1.29, 1.82) is 0 Å². The molecule has 12 heavy (non-hydrogen) atoms. The third-order valence-corrected chi connectivity index (χ3v) is 1.99. The largest absolute Gasteiger partial charge is 0.332 e. The van der Waals surface area contributed by atoms with Crippen LogP contribution in [-0.4, -0.2) is 10.2 Å². The van der Waals surface area contributed by atoms with E-state index in [1.54, 1.807) is 6.20 Å². The zero-order valence-electron chi connectivity index (χ0n) is 6.27. The first kappa shape index (κ1) is 7.36. The zero-order valence-corrected chi connectivity index (χ0v) is 7.08. The average molecular weight is 177 g/mol. The fourth-order valence-electron chi connectivity index (χ4n) is 0.907. The fourth-order valence-corrected chi connectivity index (χ4v) is 1.40. The molecule has 0 unspecified atom stereocenters. The molecule has 0 atom stereocenters. The summed E-state index contributed by atoms with van der Waals surface area (Å²) in [7, 11) is 0. The van der Waals surface area contributed by atoms with Crippen molar-refractivity contribution in [2.45, 2.75) is 0 Å². The summed E-state index contributed by atoms with van der Waals surface area (Å²) in [6.45, 7) is 0. The molecular weight excluding hydrogens is 170 g/mol. The van der Waals surface area contributed by atoms with E-state index in [9.17, 15) is 0 Å². The lowest BCUT2D eigenvalue weighted by molar-refractivity contribution is 1.01. The predicted octanol–water partition coefficient (Wildman–Crippen LogP) is 1.58. The van der Waals surface area contributed by atoms with E-state index in [-0.39, 0.29) is 0 Å². The molecule has 60 valence electrons. The van der Waals surface area contributed by atoms with Crippen LogP contribution in [0, 0.1) is 0 Å². The third-order valence-electron chi connectivity index (χ3n) is 1.47. The van der Waals surface area contributed by atoms with Gasteiger partial charge in [0.05, 0.1) is 5.69 Å². The van der Waals surface area contributed by atoms with E-state index in [1.165, 1.54) is 11.9 Å². The lowest BCUT2D eigenvalue weighted by Gasteiger charge is -2.05. The SMILES string of the molecule is C1=CC(c2cccnn2)=CNS1. The minimum atomic E-state index is 0.890. The number of nitrogens with one attached hydrogen (secondary N) is 1. The van der Waals surface area contributed by atoms with Crippen molar-refractivity contribution >= 4 is 17.5 Å². The molecule has 0 saturated carbocycles. The molecule has 3 nitrogen and oxygen atoms in total. The Kier molecular flexibility index (Phi) is 2.09. The first-order valence-electron chi connectivity index (χ1n) is 3.53. The summed E-state index contributed by atoms with van der Waals surface area (Å²) >= 11 is 1.54. The van der Waals surface area contributed by atoms with Crippen LogP contribution in [0.3, 0.4) is 0 Å². The van der Waals surface area contributed by atoms with E-state index in [0.717, 1.165) is 11.3 Å². The highest BCUT2D eigenvalue weighted by atomic mass is 32.2. The van der Waals surface area contributed by atoms with E-state index in [2.05, 4.69) is 14.9 Å². The Balaban J connectivity index is 2.31. The van der Waals surface area contributed by atoms with Crippen LogP contribution >= 0.6 is 11.9 Å².